The maximum Gasteiger partial charge on any atom is 0.147 e. The number of benzene rings is 1. The zero-order valence-corrected chi connectivity index (χ0v) is 10.9. The van der Waals surface area contributed by atoms with Crippen LogP contribution >= 0.6 is 15.9 Å². The van der Waals surface area contributed by atoms with Crippen molar-refractivity contribution in [2.45, 2.75) is 44.6 Å². The van der Waals surface area contributed by atoms with Crippen LogP contribution in [0.5, 0.6) is 0 Å². The van der Waals surface area contributed by atoms with Crippen LogP contribution in [0.4, 0.5) is 10.1 Å². The van der Waals surface area contributed by atoms with E-state index in [9.17, 15) is 4.39 Å². The Morgan fingerprint density at radius 3 is 2.44 bits per heavy atom. The van der Waals surface area contributed by atoms with Gasteiger partial charge in [0.05, 0.1) is 5.69 Å². The Morgan fingerprint density at radius 1 is 1.12 bits per heavy atom. The lowest BCUT2D eigenvalue weighted by atomic mass is 10.1. The fraction of sp³-hybridized carbons (Fsp3) is 0.538. The van der Waals surface area contributed by atoms with Crippen LogP contribution in [0.3, 0.4) is 0 Å². The molecule has 1 aromatic rings. The van der Waals surface area contributed by atoms with Gasteiger partial charge in [-0.3, -0.25) is 0 Å². The molecule has 0 bridgehead atoms. The maximum atomic E-state index is 13.6. The van der Waals surface area contributed by atoms with Gasteiger partial charge in [0.15, 0.2) is 0 Å². The predicted molar refractivity (Wildman–Crippen MR) is 69.2 cm³/mol. The van der Waals surface area contributed by atoms with E-state index in [-0.39, 0.29) is 5.82 Å². The first-order valence-corrected chi connectivity index (χ1v) is 6.76. The summed E-state index contributed by atoms with van der Waals surface area (Å²) in [6.45, 7) is 0. The molecule has 0 saturated heterocycles. The summed E-state index contributed by atoms with van der Waals surface area (Å²) < 4.78 is 14.4. The summed E-state index contributed by atoms with van der Waals surface area (Å²) in [5, 5.41) is 3.32. The van der Waals surface area contributed by atoms with Crippen molar-refractivity contribution in [3.63, 3.8) is 0 Å². The molecular weight excluding hydrogens is 269 g/mol. The average Bonchev–Trinajstić information content (AvgIpc) is 2.51. The Labute approximate surface area is 105 Å². The first-order valence-electron chi connectivity index (χ1n) is 5.97. The molecule has 0 amide bonds. The lowest BCUT2D eigenvalue weighted by Gasteiger charge is -2.18. The van der Waals surface area contributed by atoms with Gasteiger partial charge in [-0.05, 0) is 31.0 Å². The molecule has 88 valence electrons. The Kier molecular flexibility index (Phi) is 4.22. The summed E-state index contributed by atoms with van der Waals surface area (Å²) in [7, 11) is 0. The zero-order valence-electron chi connectivity index (χ0n) is 9.31. The van der Waals surface area contributed by atoms with Crippen molar-refractivity contribution in [2.75, 3.05) is 5.32 Å². The molecule has 1 saturated carbocycles. The van der Waals surface area contributed by atoms with Gasteiger partial charge in [0.25, 0.3) is 0 Å². The molecule has 0 spiro atoms. The van der Waals surface area contributed by atoms with Crippen LogP contribution in [0, 0.1) is 5.82 Å². The van der Waals surface area contributed by atoms with E-state index in [0.29, 0.717) is 11.7 Å². The van der Waals surface area contributed by atoms with Crippen LogP contribution in [-0.4, -0.2) is 6.04 Å². The number of rotatable bonds is 2. The van der Waals surface area contributed by atoms with Crippen LogP contribution in [0.2, 0.25) is 0 Å². The highest BCUT2D eigenvalue weighted by molar-refractivity contribution is 9.10. The van der Waals surface area contributed by atoms with Gasteiger partial charge in [-0.2, -0.15) is 0 Å². The summed E-state index contributed by atoms with van der Waals surface area (Å²) in [6.07, 6.45) is 7.48. The lowest BCUT2D eigenvalue weighted by Crippen LogP contribution is -2.18. The molecule has 0 aliphatic heterocycles. The Bertz CT molecular complexity index is 346. The van der Waals surface area contributed by atoms with Gasteiger partial charge in [-0.1, -0.05) is 41.6 Å². The number of hydrogen-bond acceptors (Lipinski definition) is 1. The van der Waals surface area contributed by atoms with Crippen molar-refractivity contribution in [1.82, 2.24) is 0 Å². The summed E-state index contributed by atoms with van der Waals surface area (Å²) in [5.41, 5.74) is 0.634. The van der Waals surface area contributed by atoms with Crippen molar-refractivity contribution in [2.24, 2.45) is 0 Å². The van der Waals surface area contributed by atoms with Crippen LogP contribution in [0.25, 0.3) is 0 Å². The van der Waals surface area contributed by atoms with Gasteiger partial charge in [-0.25, -0.2) is 4.39 Å². The third-order valence-corrected chi connectivity index (χ3v) is 3.64. The van der Waals surface area contributed by atoms with E-state index in [4.69, 9.17) is 0 Å². The molecule has 1 aliphatic rings. The minimum absolute atomic E-state index is 0.168. The predicted octanol–water partition coefficient (Wildman–Crippen LogP) is 4.72. The molecule has 2 rings (SSSR count). The van der Waals surface area contributed by atoms with Gasteiger partial charge in [0, 0.05) is 10.5 Å². The molecule has 0 radical (unpaired) electrons. The van der Waals surface area contributed by atoms with Gasteiger partial charge in [0.1, 0.15) is 5.82 Å². The lowest BCUT2D eigenvalue weighted by molar-refractivity contribution is 0.597. The monoisotopic (exact) mass is 285 g/mol. The number of hydrogen-bond donors (Lipinski definition) is 1. The molecule has 1 aromatic carbocycles. The summed E-state index contributed by atoms with van der Waals surface area (Å²) in [6, 6.07) is 5.64. The van der Waals surface area contributed by atoms with E-state index in [2.05, 4.69) is 21.2 Å². The Morgan fingerprint density at radius 2 is 1.81 bits per heavy atom. The molecule has 1 fully saturated rings. The number of nitrogens with one attached hydrogen (secondary N) is 1. The standard InChI is InChI=1S/C13H17BrFN/c14-10-7-8-13(12(15)9-10)16-11-5-3-1-2-4-6-11/h7-9,11,16H,1-6H2. The molecule has 0 aromatic heterocycles. The highest BCUT2D eigenvalue weighted by atomic mass is 79.9. The molecule has 0 unspecified atom stereocenters. The third-order valence-electron chi connectivity index (χ3n) is 3.15. The molecule has 1 aliphatic carbocycles. The van der Waals surface area contributed by atoms with Gasteiger partial charge >= 0.3 is 0 Å². The molecule has 16 heavy (non-hydrogen) atoms. The Balaban J connectivity index is 2.01. The smallest absolute Gasteiger partial charge is 0.147 e. The molecule has 0 heterocycles. The van der Waals surface area contributed by atoms with E-state index in [0.717, 1.165) is 17.3 Å². The fourth-order valence-electron chi connectivity index (χ4n) is 2.25. The molecule has 1 nitrogen and oxygen atoms in total. The largest absolute Gasteiger partial charge is 0.380 e. The van der Waals surface area contributed by atoms with Gasteiger partial charge in [0.2, 0.25) is 0 Å². The summed E-state index contributed by atoms with van der Waals surface area (Å²) >= 11 is 3.27. The average molecular weight is 286 g/mol. The van der Waals surface area contributed by atoms with Crippen LogP contribution in [0.15, 0.2) is 22.7 Å². The second-order valence-corrected chi connectivity index (χ2v) is 5.37. The molecule has 0 atom stereocenters. The minimum Gasteiger partial charge on any atom is -0.380 e. The van der Waals surface area contributed by atoms with E-state index >= 15 is 0 Å². The van der Waals surface area contributed by atoms with E-state index in [1.54, 1.807) is 0 Å². The highest BCUT2D eigenvalue weighted by Gasteiger charge is 2.13. The topological polar surface area (TPSA) is 12.0 Å². The van der Waals surface area contributed by atoms with Crippen molar-refractivity contribution in [3.05, 3.63) is 28.5 Å². The van der Waals surface area contributed by atoms with Crippen molar-refractivity contribution in [3.8, 4) is 0 Å². The molecule has 1 N–H and O–H groups in total. The normalized spacial score (nSPS) is 18.1. The Hall–Kier alpha value is -0.570. The van der Waals surface area contributed by atoms with Crippen molar-refractivity contribution < 1.29 is 4.39 Å². The van der Waals surface area contributed by atoms with Gasteiger partial charge in [-0.15, -0.1) is 0 Å². The molecular formula is C13H17BrFN. The summed E-state index contributed by atoms with van der Waals surface area (Å²) in [4.78, 5) is 0. The second kappa shape index (κ2) is 5.67. The first kappa shape index (κ1) is 11.9. The number of halogens is 2. The SMILES string of the molecule is Fc1cc(Br)ccc1NC1CCCCCC1. The minimum atomic E-state index is -0.168. The van der Waals surface area contributed by atoms with Crippen LogP contribution in [0.1, 0.15) is 38.5 Å². The highest BCUT2D eigenvalue weighted by Crippen LogP contribution is 2.24. The number of anilines is 1. The third kappa shape index (κ3) is 3.21. The van der Waals surface area contributed by atoms with E-state index in [1.165, 1.54) is 31.7 Å². The van der Waals surface area contributed by atoms with Gasteiger partial charge < -0.3 is 5.32 Å². The van der Waals surface area contributed by atoms with Crippen LogP contribution < -0.4 is 5.32 Å². The van der Waals surface area contributed by atoms with Crippen molar-refractivity contribution in [1.29, 1.82) is 0 Å². The van der Waals surface area contributed by atoms with Crippen molar-refractivity contribution >= 4 is 21.6 Å². The first-order chi connectivity index (χ1) is 7.75. The fourth-order valence-corrected chi connectivity index (χ4v) is 2.58. The van der Waals surface area contributed by atoms with E-state index in [1.807, 2.05) is 12.1 Å². The second-order valence-electron chi connectivity index (χ2n) is 4.46. The zero-order chi connectivity index (χ0) is 11.4. The maximum absolute atomic E-state index is 13.6. The quantitative estimate of drug-likeness (QED) is 0.775. The molecule has 3 heteroatoms. The van der Waals surface area contributed by atoms with Crippen LogP contribution in [-0.2, 0) is 0 Å². The van der Waals surface area contributed by atoms with E-state index < -0.39 is 0 Å². The summed E-state index contributed by atoms with van der Waals surface area (Å²) in [5.74, 6) is -0.168.